The van der Waals surface area contributed by atoms with Gasteiger partial charge in [-0.3, -0.25) is 19.5 Å². The molecule has 0 radical (unpaired) electrons. The maximum Gasteiger partial charge on any atom is 0.364 e. The third kappa shape index (κ3) is 6.47. The highest BCUT2D eigenvalue weighted by atomic mass is 32.2. The fourth-order valence-electron chi connectivity index (χ4n) is 2.67. The van der Waals surface area contributed by atoms with E-state index in [2.05, 4.69) is 4.98 Å². The van der Waals surface area contributed by atoms with Gasteiger partial charge in [-0.15, -0.1) is 0 Å². The third-order valence-electron chi connectivity index (χ3n) is 5.52. The van der Waals surface area contributed by atoms with E-state index in [-0.39, 0.29) is 22.8 Å². The summed E-state index contributed by atoms with van der Waals surface area (Å²) < 4.78 is 35.0. The molecule has 2 rings (SSSR count). The highest BCUT2D eigenvalue weighted by molar-refractivity contribution is 7.84. The van der Waals surface area contributed by atoms with Crippen molar-refractivity contribution < 1.29 is 22.7 Å². The molecule has 1 heterocycles. The van der Waals surface area contributed by atoms with Crippen LogP contribution in [0, 0.1) is 17.0 Å². The molecule has 32 heavy (non-hydrogen) atoms. The summed E-state index contributed by atoms with van der Waals surface area (Å²) in [5.41, 5.74) is 1.69. The first-order valence-electron chi connectivity index (χ1n) is 9.84. The standard InChI is InChI=1S/C17H25N3O5SSi.C3H7NO/c1-12-7-8-13(10-15(12)20(21)22)9-14-11-18-16(19(14)26(23,24)25)27(5,6)17(2,3)4;1-4(2)3-5/h7-8,10-11H,9H2,1-6H3,(H,23,24,25);3H,1-2H3. The van der Waals surface area contributed by atoms with E-state index in [9.17, 15) is 27.9 Å². The van der Waals surface area contributed by atoms with Crippen molar-refractivity contribution in [3.63, 3.8) is 0 Å². The molecular formula is C20H32N4O6SSi. The molecule has 0 saturated heterocycles. The van der Waals surface area contributed by atoms with Crippen LogP contribution in [0.15, 0.2) is 24.4 Å². The topological polar surface area (TPSA) is 136 Å². The van der Waals surface area contributed by atoms with Crippen molar-refractivity contribution in [1.29, 1.82) is 0 Å². The van der Waals surface area contributed by atoms with Crippen LogP contribution in [0.1, 0.15) is 37.6 Å². The number of benzene rings is 1. The van der Waals surface area contributed by atoms with Crippen LogP contribution in [-0.2, 0) is 21.5 Å². The van der Waals surface area contributed by atoms with Crippen molar-refractivity contribution in [3.05, 3.63) is 51.3 Å². The minimum Gasteiger partial charge on any atom is -0.351 e. The molecule has 0 aliphatic heterocycles. The maximum atomic E-state index is 12.1. The van der Waals surface area contributed by atoms with Crippen LogP contribution < -0.4 is 5.45 Å². The fraction of sp³-hybridized carbons (Fsp3) is 0.500. The highest BCUT2D eigenvalue weighted by Crippen LogP contribution is 2.35. The van der Waals surface area contributed by atoms with Gasteiger partial charge in [-0.2, -0.15) is 8.42 Å². The van der Waals surface area contributed by atoms with Gasteiger partial charge in [-0.05, 0) is 17.5 Å². The molecule has 2 aromatic rings. The minimum absolute atomic E-state index is 0.0324. The number of nitro benzene ring substituents is 1. The Morgan fingerprint density at radius 2 is 1.81 bits per heavy atom. The van der Waals surface area contributed by atoms with E-state index in [1.807, 2.05) is 33.9 Å². The highest BCUT2D eigenvalue weighted by Gasteiger charge is 2.43. The Bertz CT molecular complexity index is 1090. The lowest BCUT2D eigenvalue weighted by molar-refractivity contribution is -0.385. The zero-order valence-electron chi connectivity index (χ0n) is 19.8. The van der Waals surface area contributed by atoms with Crippen LogP contribution in [0.25, 0.3) is 0 Å². The second-order valence-electron chi connectivity index (χ2n) is 9.31. The molecule has 0 aliphatic carbocycles. The van der Waals surface area contributed by atoms with Crippen molar-refractivity contribution in [2.75, 3.05) is 14.1 Å². The van der Waals surface area contributed by atoms with E-state index in [0.29, 0.717) is 16.6 Å². The third-order valence-corrected chi connectivity index (χ3v) is 11.8. The van der Waals surface area contributed by atoms with Crippen molar-refractivity contribution >= 4 is 35.9 Å². The summed E-state index contributed by atoms with van der Waals surface area (Å²) in [5.74, 6) is 0. The Labute approximate surface area is 190 Å². The summed E-state index contributed by atoms with van der Waals surface area (Å²) in [6.07, 6.45) is 2.28. The van der Waals surface area contributed by atoms with Gasteiger partial charge in [0, 0.05) is 38.3 Å². The number of imidazole rings is 1. The molecule has 0 unspecified atom stereocenters. The van der Waals surface area contributed by atoms with Gasteiger partial charge in [0.25, 0.3) is 5.69 Å². The van der Waals surface area contributed by atoms with Gasteiger partial charge in [0.15, 0.2) is 0 Å². The number of carbonyl (C=O) groups is 1. The molecule has 1 N–H and O–H groups in total. The van der Waals surface area contributed by atoms with E-state index >= 15 is 0 Å². The number of nitrogens with zero attached hydrogens (tertiary/aromatic N) is 4. The number of rotatable bonds is 6. The Balaban J connectivity index is 0.000000920. The SMILES string of the molecule is CN(C)C=O.Cc1ccc(Cc2cnc([Si](C)(C)C(C)(C)C)n2S(=O)(=O)O)cc1[N+](=O)[O-]. The van der Waals surface area contributed by atoms with Crippen LogP contribution in [0.4, 0.5) is 5.69 Å². The van der Waals surface area contributed by atoms with E-state index in [1.54, 1.807) is 33.2 Å². The summed E-state index contributed by atoms with van der Waals surface area (Å²) in [7, 11) is -3.55. The molecule has 1 aromatic carbocycles. The van der Waals surface area contributed by atoms with Crippen LogP contribution in [0.5, 0.6) is 0 Å². The van der Waals surface area contributed by atoms with E-state index in [1.165, 1.54) is 17.2 Å². The zero-order chi connectivity index (χ0) is 25.1. The number of carbonyl (C=O) groups excluding carboxylic acids is 1. The molecule has 0 saturated carbocycles. The van der Waals surface area contributed by atoms with Crippen molar-refractivity contribution in [1.82, 2.24) is 13.9 Å². The van der Waals surface area contributed by atoms with Gasteiger partial charge in [0.05, 0.1) is 10.6 Å². The zero-order valence-corrected chi connectivity index (χ0v) is 21.6. The van der Waals surface area contributed by atoms with Crippen LogP contribution >= 0.6 is 0 Å². The number of amides is 1. The van der Waals surface area contributed by atoms with Crippen molar-refractivity contribution in [2.45, 2.75) is 52.2 Å². The maximum absolute atomic E-state index is 12.1. The lowest BCUT2D eigenvalue weighted by Crippen LogP contribution is -2.55. The first-order chi connectivity index (χ1) is 14.4. The van der Waals surface area contributed by atoms with Gasteiger partial charge in [0.1, 0.15) is 13.5 Å². The molecule has 0 fully saturated rings. The minimum atomic E-state index is -4.56. The van der Waals surface area contributed by atoms with Crippen LogP contribution in [0.2, 0.25) is 18.1 Å². The molecule has 10 nitrogen and oxygen atoms in total. The summed E-state index contributed by atoms with van der Waals surface area (Å²) in [4.78, 5) is 25.9. The summed E-state index contributed by atoms with van der Waals surface area (Å²) >= 11 is 0. The van der Waals surface area contributed by atoms with Gasteiger partial charge >= 0.3 is 10.3 Å². The molecule has 178 valence electrons. The number of hydrogen-bond acceptors (Lipinski definition) is 6. The first kappa shape index (κ1) is 27.5. The quantitative estimate of drug-likeness (QED) is 0.219. The number of hydrogen-bond donors (Lipinski definition) is 1. The van der Waals surface area contributed by atoms with E-state index < -0.39 is 23.3 Å². The Hall–Kier alpha value is -2.57. The number of nitro groups is 1. The van der Waals surface area contributed by atoms with Crippen molar-refractivity contribution in [2.24, 2.45) is 0 Å². The normalized spacial score (nSPS) is 12.0. The molecule has 12 heteroatoms. The van der Waals surface area contributed by atoms with Gasteiger partial charge in [0.2, 0.25) is 6.41 Å². The Morgan fingerprint density at radius 3 is 2.22 bits per heavy atom. The summed E-state index contributed by atoms with van der Waals surface area (Å²) in [6.45, 7) is 11.7. The Morgan fingerprint density at radius 1 is 1.28 bits per heavy atom. The monoisotopic (exact) mass is 484 g/mol. The van der Waals surface area contributed by atoms with Gasteiger partial charge in [-0.25, -0.2) is 8.96 Å². The van der Waals surface area contributed by atoms with Gasteiger partial charge in [-0.1, -0.05) is 46.0 Å². The largest absolute Gasteiger partial charge is 0.364 e. The second kappa shape index (κ2) is 9.92. The molecule has 1 aromatic heterocycles. The predicted molar refractivity (Wildman–Crippen MR) is 126 cm³/mol. The van der Waals surface area contributed by atoms with E-state index in [4.69, 9.17) is 0 Å². The molecule has 0 spiro atoms. The molecular weight excluding hydrogens is 452 g/mol. The number of aryl methyl sites for hydroxylation is 1. The lowest BCUT2D eigenvalue weighted by Gasteiger charge is -2.35. The average Bonchev–Trinajstić information content (AvgIpc) is 3.07. The fourth-order valence-corrected chi connectivity index (χ4v) is 6.09. The van der Waals surface area contributed by atoms with Crippen LogP contribution in [-0.4, -0.2) is 60.3 Å². The molecule has 0 aliphatic rings. The van der Waals surface area contributed by atoms with E-state index in [0.717, 1.165) is 10.4 Å². The molecule has 0 bridgehead atoms. The first-order valence-corrected chi connectivity index (χ1v) is 14.2. The second-order valence-corrected chi connectivity index (χ2v) is 15.8. The number of aromatic nitrogens is 2. The summed E-state index contributed by atoms with van der Waals surface area (Å²) in [5, 5.41) is 11.0. The van der Waals surface area contributed by atoms with Crippen molar-refractivity contribution in [3.8, 4) is 0 Å². The molecule has 0 atom stereocenters. The lowest BCUT2D eigenvalue weighted by atomic mass is 10.1. The Kier molecular flexibility index (Phi) is 8.51. The molecule has 1 amide bonds. The predicted octanol–water partition coefficient (Wildman–Crippen LogP) is 2.76. The summed E-state index contributed by atoms with van der Waals surface area (Å²) in [6, 6.07) is 4.74. The van der Waals surface area contributed by atoms with Gasteiger partial charge < -0.3 is 4.90 Å². The average molecular weight is 485 g/mol. The van der Waals surface area contributed by atoms with Crippen LogP contribution in [0.3, 0.4) is 0 Å². The smallest absolute Gasteiger partial charge is 0.351 e.